The number of aromatic nitrogens is 1. The van der Waals surface area contributed by atoms with Gasteiger partial charge in [-0.15, -0.1) is 11.3 Å². The number of nitrogens with one attached hydrogen (secondary N) is 1. The predicted molar refractivity (Wildman–Crippen MR) is 72.2 cm³/mol. The lowest BCUT2D eigenvalue weighted by molar-refractivity contribution is 0.603. The van der Waals surface area contributed by atoms with Gasteiger partial charge in [-0.05, 0) is 6.92 Å². The predicted octanol–water partition coefficient (Wildman–Crippen LogP) is 1.85. The highest BCUT2D eigenvalue weighted by atomic mass is 32.2. The van der Waals surface area contributed by atoms with Crippen LogP contribution < -0.4 is 5.32 Å². The SMILES string of the molecule is CCNc1ncc(CSCCS(C)(=O)=O)s1. The van der Waals surface area contributed by atoms with Crippen molar-refractivity contribution >= 4 is 38.1 Å². The van der Waals surface area contributed by atoms with Crippen molar-refractivity contribution in [3.63, 3.8) is 0 Å². The highest BCUT2D eigenvalue weighted by Gasteiger charge is 2.04. The standard InChI is InChI=1S/C9H16N2O2S3/c1-3-10-9-11-6-8(15-9)7-14-4-5-16(2,12)13/h6H,3-5,7H2,1-2H3,(H,10,11). The quantitative estimate of drug-likeness (QED) is 0.773. The second-order valence-corrected chi connectivity index (χ2v) is 7.82. The lowest BCUT2D eigenvalue weighted by Gasteiger charge is -1.98. The molecule has 1 N–H and O–H groups in total. The third-order valence-corrected chi connectivity index (χ3v) is 5.07. The molecule has 1 aromatic rings. The van der Waals surface area contributed by atoms with E-state index in [2.05, 4.69) is 10.3 Å². The molecule has 7 heteroatoms. The number of nitrogens with zero attached hydrogens (tertiary/aromatic N) is 1. The van der Waals surface area contributed by atoms with E-state index >= 15 is 0 Å². The van der Waals surface area contributed by atoms with Crippen LogP contribution in [0.1, 0.15) is 11.8 Å². The minimum Gasteiger partial charge on any atom is -0.362 e. The van der Waals surface area contributed by atoms with E-state index in [1.807, 2.05) is 13.1 Å². The van der Waals surface area contributed by atoms with E-state index in [0.29, 0.717) is 5.75 Å². The molecule has 1 heterocycles. The Morgan fingerprint density at radius 2 is 2.31 bits per heavy atom. The van der Waals surface area contributed by atoms with Crippen LogP contribution in [0, 0.1) is 0 Å². The van der Waals surface area contributed by atoms with Crippen LogP contribution in [-0.2, 0) is 15.6 Å². The van der Waals surface area contributed by atoms with Crippen LogP contribution in [0.15, 0.2) is 6.20 Å². The molecular formula is C9H16N2O2S3. The summed E-state index contributed by atoms with van der Waals surface area (Å²) in [6.07, 6.45) is 3.11. The fourth-order valence-corrected chi connectivity index (χ4v) is 4.25. The molecular weight excluding hydrogens is 264 g/mol. The summed E-state index contributed by atoms with van der Waals surface area (Å²) in [4.78, 5) is 5.38. The molecule has 0 unspecified atom stereocenters. The summed E-state index contributed by atoms with van der Waals surface area (Å²) >= 11 is 3.25. The zero-order valence-electron chi connectivity index (χ0n) is 9.39. The first-order valence-electron chi connectivity index (χ1n) is 4.95. The lowest BCUT2D eigenvalue weighted by Crippen LogP contribution is -2.04. The first kappa shape index (κ1) is 13.8. The van der Waals surface area contributed by atoms with E-state index in [-0.39, 0.29) is 5.75 Å². The van der Waals surface area contributed by atoms with Crippen molar-refractivity contribution in [1.29, 1.82) is 0 Å². The first-order valence-corrected chi connectivity index (χ1v) is 8.98. The molecule has 0 aliphatic carbocycles. The molecule has 4 nitrogen and oxygen atoms in total. The number of hydrogen-bond donors (Lipinski definition) is 1. The molecule has 0 aliphatic heterocycles. The normalized spacial score (nSPS) is 11.6. The van der Waals surface area contributed by atoms with Crippen molar-refractivity contribution in [2.45, 2.75) is 12.7 Å². The number of sulfone groups is 1. The topological polar surface area (TPSA) is 59.1 Å². The molecule has 0 bridgehead atoms. The highest BCUT2D eigenvalue weighted by molar-refractivity contribution is 8.00. The smallest absolute Gasteiger partial charge is 0.182 e. The fraction of sp³-hybridized carbons (Fsp3) is 0.667. The van der Waals surface area contributed by atoms with E-state index < -0.39 is 9.84 Å². The van der Waals surface area contributed by atoms with Crippen molar-refractivity contribution in [2.75, 3.05) is 29.6 Å². The van der Waals surface area contributed by atoms with E-state index in [4.69, 9.17) is 0 Å². The molecule has 0 spiro atoms. The molecule has 0 amide bonds. The summed E-state index contributed by atoms with van der Waals surface area (Å²) in [6.45, 7) is 2.90. The van der Waals surface area contributed by atoms with E-state index in [1.54, 1.807) is 23.1 Å². The van der Waals surface area contributed by atoms with Gasteiger partial charge in [0, 0.05) is 35.4 Å². The molecule has 16 heavy (non-hydrogen) atoms. The fourth-order valence-electron chi connectivity index (χ4n) is 0.990. The van der Waals surface area contributed by atoms with Crippen LogP contribution >= 0.6 is 23.1 Å². The molecule has 1 aromatic heterocycles. The Kier molecular flexibility index (Phi) is 5.57. The van der Waals surface area contributed by atoms with Crippen LogP contribution in [-0.4, -0.2) is 37.7 Å². The number of anilines is 1. The third kappa shape index (κ3) is 5.72. The lowest BCUT2D eigenvalue weighted by atomic mass is 10.6. The molecule has 0 atom stereocenters. The summed E-state index contributed by atoms with van der Waals surface area (Å²) in [5, 5.41) is 4.08. The van der Waals surface area contributed by atoms with Gasteiger partial charge in [-0.3, -0.25) is 0 Å². The molecule has 0 fully saturated rings. The van der Waals surface area contributed by atoms with Crippen molar-refractivity contribution in [2.24, 2.45) is 0 Å². The Labute approximate surface area is 105 Å². The van der Waals surface area contributed by atoms with Crippen LogP contribution in [0.25, 0.3) is 0 Å². The van der Waals surface area contributed by atoms with Gasteiger partial charge in [0.05, 0.1) is 5.75 Å². The van der Waals surface area contributed by atoms with Gasteiger partial charge in [0.25, 0.3) is 0 Å². The maximum absolute atomic E-state index is 10.9. The summed E-state index contributed by atoms with van der Waals surface area (Å²) in [7, 11) is -2.83. The van der Waals surface area contributed by atoms with Crippen molar-refractivity contribution in [3.8, 4) is 0 Å². The summed E-state index contributed by atoms with van der Waals surface area (Å²) in [5.41, 5.74) is 0. The zero-order valence-corrected chi connectivity index (χ0v) is 11.8. The average Bonchev–Trinajstić information content (AvgIpc) is 2.60. The van der Waals surface area contributed by atoms with Gasteiger partial charge < -0.3 is 5.32 Å². The van der Waals surface area contributed by atoms with Crippen molar-refractivity contribution in [1.82, 2.24) is 4.98 Å². The van der Waals surface area contributed by atoms with Gasteiger partial charge in [0.1, 0.15) is 9.84 Å². The van der Waals surface area contributed by atoms with Gasteiger partial charge in [-0.2, -0.15) is 11.8 Å². The summed E-state index contributed by atoms with van der Waals surface area (Å²) in [6, 6.07) is 0. The molecule has 92 valence electrons. The maximum atomic E-state index is 10.9. The summed E-state index contributed by atoms with van der Waals surface area (Å²) < 4.78 is 21.8. The van der Waals surface area contributed by atoms with Gasteiger partial charge >= 0.3 is 0 Å². The van der Waals surface area contributed by atoms with Gasteiger partial charge in [-0.25, -0.2) is 13.4 Å². The summed E-state index contributed by atoms with van der Waals surface area (Å²) in [5.74, 6) is 1.72. The van der Waals surface area contributed by atoms with Crippen LogP contribution in [0.4, 0.5) is 5.13 Å². The maximum Gasteiger partial charge on any atom is 0.182 e. The van der Waals surface area contributed by atoms with Crippen molar-refractivity contribution < 1.29 is 8.42 Å². The zero-order chi connectivity index (χ0) is 12.0. The minimum atomic E-state index is -2.83. The Balaban J connectivity index is 2.26. The minimum absolute atomic E-state index is 0.247. The molecule has 0 aromatic carbocycles. The molecule has 1 rings (SSSR count). The highest BCUT2D eigenvalue weighted by Crippen LogP contribution is 2.22. The third-order valence-electron chi connectivity index (χ3n) is 1.72. The van der Waals surface area contributed by atoms with Gasteiger partial charge in [0.2, 0.25) is 0 Å². The first-order chi connectivity index (χ1) is 7.51. The molecule has 0 aliphatic rings. The average molecular weight is 280 g/mol. The Morgan fingerprint density at radius 1 is 1.56 bits per heavy atom. The second-order valence-electron chi connectivity index (χ2n) is 3.34. The number of thiazole rings is 1. The molecule has 0 radical (unpaired) electrons. The Hall–Kier alpha value is -0.270. The molecule has 0 saturated heterocycles. The van der Waals surface area contributed by atoms with Crippen molar-refractivity contribution in [3.05, 3.63) is 11.1 Å². The molecule has 0 saturated carbocycles. The van der Waals surface area contributed by atoms with E-state index in [9.17, 15) is 8.42 Å². The number of rotatable bonds is 7. The second kappa shape index (κ2) is 6.46. The largest absolute Gasteiger partial charge is 0.362 e. The van der Waals surface area contributed by atoms with Crippen LogP contribution in [0.5, 0.6) is 0 Å². The number of hydrogen-bond acceptors (Lipinski definition) is 6. The van der Waals surface area contributed by atoms with E-state index in [1.165, 1.54) is 11.1 Å². The van der Waals surface area contributed by atoms with Crippen LogP contribution in [0.3, 0.4) is 0 Å². The number of thioether (sulfide) groups is 1. The van der Waals surface area contributed by atoms with E-state index in [0.717, 1.165) is 17.4 Å². The van der Waals surface area contributed by atoms with Gasteiger partial charge in [0.15, 0.2) is 5.13 Å². The van der Waals surface area contributed by atoms with Crippen LogP contribution in [0.2, 0.25) is 0 Å². The van der Waals surface area contributed by atoms with Gasteiger partial charge in [-0.1, -0.05) is 0 Å². The Bertz CT molecular complexity index is 414. The Morgan fingerprint density at radius 3 is 2.94 bits per heavy atom. The monoisotopic (exact) mass is 280 g/mol.